The number of hydrogen-bond acceptors (Lipinski definition) is 5. The zero-order valence-electron chi connectivity index (χ0n) is 26.0. The molecule has 6 aromatic carbocycles. The Bertz CT molecular complexity index is 2180. The van der Waals surface area contributed by atoms with E-state index in [0.717, 1.165) is 27.5 Å². The second kappa shape index (κ2) is 12.3. The van der Waals surface area contributed by atoms with Gasteiger partial charge in [0.2, 0.25) is 0 Å². The Morgan fingerprint density at radius 3 is 2.21 bits per heavy atom. The minimum Gasteiger partial charge on any atom is -0.497 e. The second-order valence-electron chi connectivity index (χ2n) is 11.6. The van der Waals surface area contributed by atoms with Gasteiger partial charge in [0.1, 0.15) is 11.9 Å². The first-order chi connectivity index (χ1) is 22.8. The first kappa shape index (κ1) is 30.1. The Labute approximate surface area is 274 Å². The molecule has 1 aliphatic heterocycles. The molecule has 0 aromatic heterocycles. The van der Waals surface area contributed by atoms with Crippen molar-refractivity contribution in [3.05, 3.63) is 162 Å². The fraction of sp³-hybridized carbons (Fsp3) is 0.103. The number of carbonyl (C=O) groups is 1. The molecular formula is C39H33N3O4S. The summed E-state index contributed by atoms with van der Waals surface area (Å²) in [5.74, 6) is 0.358. The fourth-order valence-electron chi connectivity index (χ4n) is 6.19. The van der Waals surface area contributed by atoms with Crippen molar-refractivity contribution in [3.63, 3.8) is 0 Å². The molecule has 0 fully saturated rings. The van der Waals surface area contributed by atoms with E-state index in [-0.39, 0.29) is 10.8 Å². The predicted octanol–water partition coefficient (Wildman–Crippen LogP) is 8.32. The molecule has 7 rings (SSSR count). The van der Waals surface area contributed by atoms with Crippen LogP contribution in [0.2, 0.25) is 0 Å². The third-order valence-electron chi connectivity index (χ3n) is 8.53. The van der Waals surface area contributed by atoms with Gasteiger partial charge in [-0.25, -0.2) is 8.42 Å². The number of carbonyl (C=O) groups excluding carboxylic acids is 1. The number of aryl methyl sites for hydroxylation is 1. The zero-order valence-corrected chi connectivity index (χ0v) is 26.8. The van der Waals surface area contributed by atoms with Crippen LogP contribution in [-0.4, -0.2) is 21.4 Å². The van der Waals surface area contributed by atoms with Gasteiger partial charge in [0.25, 0.3) is 15.9 Å². The number of benzene rings is 6. The highest BCUT2D eigenvalue weighted by Crippen LogP contribution is 2.45. The number of sulfonamides is 1. The number of methoxy groups -OCH3 is 1. The fourth-order valence-corrected chi connectivity index (χ4v) is 7.27. The standard InChI is InChI=1S/C39H33N3O4S/c1-27-15-17-30(18-16-27)40-47(44,45)33-23-24-37-36(25-33)39(43)42(31-19-21-32(46-2)22-20-31)38(41(37)26-28-9-4-3-5-10-28)35-14-8-12-29-11-6-7-13-34(29)35/h3-25,38,40H,26H2,1-2H3/t38-/m1/s1. The summed E-state index contributed by atoms with van der Waals surface area (Å²) in [4.78, 5) is 18.8. The molecule has 6 aromatic rings. The van der Waals surface area contributed by atoms with Crippen LogP contribution in [0.1, 0.15) is 33.2 Å². The number of nitrogens with zero attached hydrogens (tertiary/aromatic N) is 2. The summed E-state index contributed by atoms with van der Waals surface area (Å²) in [5.41, 5.74) is 5.06. The van der Waals surface area contributed by atoms with Crippen LogP contribution >= 0.6 is 0 Å². The molecule has 0 radical (unpaired) electrons. The lowest BCUT2D eigenvalue weighted by atomic mass is 9.95. The van der Waals surface area contributed by atoms with Crippen molar-refractivity contribution in [2.45, 2.75) is 24.5 Å². The first-order valence-corrected chi connectivity index (χ1v) is 16.8. The lowest BCUT2D eigenvalue weighted by Crippen LogP contribution is -2.49. The van der Waals surface area contributed by atoms with Gasteiger partial charge in [-0.2, -0.15) is 0 Å². The van der Waals surface area contributed by atoms with Crippen LogP contribution in [0.5, 0.6) is 5.75 Å². The van der Waals surface area contributed by atoms with Gasteiger partial charge in [-0.05, 0) is 77.9 Å². The van der Waals surface area contributed by atoms with Crippen molar-refractivity contribution in [2.24, 2.45) is 0 Å². The van der Waals surface area contributed by atoms with Gasteiger partial charge in [-0.15, -0.1) is 0 Å². The average Bonchev–Trinajstić information content (AvgIpc) is 3.10. The Hall–Kier alpha value is -5.60. The second-order valence-corrected chi connectivity index (χ2v) is 13.3. The van der Waals surface area contributed by atoms with Crippen molar-refractivity contribution >= 4 is 43.8 Å². The predicted molar refractivity (Wildman–Crippen MR) is 188 cm³/mol. The van der Waals surface area contributed by atoms with Crippen molar-refractivity contribution in [1.29, 1.82) is 0 Å². The van der Waals surface area contributed by atoms with Crippen molar-refractivity contribution < 1.29 is 17.9 Å². The summed E-state index contributed by atoms with van der Waals surface area (Å²) in [5, 5.41) is 2.08. The number of hydrogen-bond donors (Lipinski definition) is 1. The lowest BCUT2D eigenvalue weighted by molar-refractivity contribution is 0.0968. The van der Waals surface area contributed by atoms with Gasteiger partial charge >= 0.3 is 0 Å². The highest BCUT2D eigenvalue weighted by molar-refractivity contribution is 7.92. The van der Waals surface area contributed by atoms with Crippen LogP contribution in [0.4, 0.5) is 17.1 Å². The summed E-state index contributed by atoms with van der Waals surface area (Å²) in [6.07, 6.45) is -0.553. The molecule has 0 saturated heterocycles. The topological polar surface area (TPSA) is 78.9 Å². The minimum atomic E-state index is -4.00. The molecule has 8 heteroatoms. The Morgan fingerprint density at radius 1 is 0.766 bits per heavy atom. The molecule has 1 amide bonds. The van der Waals surface area contributed by atoms with E-state index >= 15 is 0 Å². The largest absolute Gasteiger partial charge is 0.497 e. The Morgan fingerprint density at radius 2 is 1.47 bits per heavy atom. The minimum absolute atomic E-state index is 0.00290. The number of anilines is 3. The lowest BCUT2D eigenvalue weighted by Gasteiger charge is -2.46. The van der Waals surface area contributed by atoms with Gasteiger partial charge in [0.05, 0.1) is 23.3 Å². The highest BCUT2D eigenvalue weighted by Gasteiger charge is 2.41. The molecule has 1 N–H and O–H groups in total. The third-order valence-corrected chi connectivity index (χ3v) is 9.91. The monoisotopic (exact) mass is 639 g/mol. The summed E-state index contributed by atoms with van der Waals surface area (Å²) in [6.45, 7) is 2.41. The van der Waals surface area contributed by atoms with Gasteiger partial charge in [0, 0.05) is 23.5 Å². The SMILES string of the molecule is COc1ccc(N2C(=O)c3cc(S(=O)(=O)Nc4ccc(C)cc4)ccc3N(Cc3ccccc3)[C@H]2c2cccc3ccccc23)cc1. The zero-order chi connectivity index (χ0) is 32.5. The Kier molecular flexibility index (Phi) is 7.87. The van der Waals surface area contributed by atoms with Crippen LogP contribution in [0, 0.1) is 6.92 Å². The maximum atomic E-state index is 14.8. The number of ether oxygens (including phenoxy) is 1. The molecule has 7 nitrogen and oxygen atoms in total. The van der Waals surface area contributed by atoms with Crippen LogP contribution in [-0.2, 0) is 16.6 Å². The van der Waals surface area contributed by atoms with Gasteiger partial charge in [-0.1, -0.05) is 90.5 Å². The van der Waals surface area contributed by atoms with Gasteiger partial charge in [-0.3, -0.25) is 14.4 Å². The number of fused-ring (bicyclic) bond motifs is 2. The number of rotatable bonds is 8. The summed E-state index contributed by atoms with van der Waals surface area (Å²) < 4.78 is 35.4. The van der Waals surface area contributed by atoms with E-state index in [9.17, 15) is 13.2 Å². The van der Waals surface area contributed by atoms with E-state index in [1.807, 2.05) is 79.7 Å². The number of nitrogens with one attached hydrogen (secondary N) is 1. The molecule has 0 aliphatic carbocycles. The summed E-state index contributed by atoms with van der Waals surface area (Å²) in [6, 6.07) is 43.7. The molecule has 0 spiro atoms. The molecule has 0 saturated carbocycles. The molecule has 234 valence electrons. The van der Waals surface area contributed by atoms with Crippen LogP contribution < -0.4 is 19.3 Å². The molecule has 47 heavy (non-hydrogen) atoms. The average molecular weight is 640 g/mol. The van der Waals surface area contributed by atoms with E-state index in [1.54, 1.807) is 36.3 Å². The van der Waals surface area contributed by atoms with Gasteiger partial charge in [0.15, 0.2) is 0 Å². The van der Waals surface area contributed by atoms with Crippen molar-refractivity contribution in [2.75, 3.05) is 21.6 Å². The van der Waals surface area contributed by atoms with E-state index in [1.165, 1.54) is 6.07 Å². The molecule has 0 bridgehead atoms. The van der Waals surface area contributed by atoms with Crippen LogP contribution in [0.25, 0.3) is 10.8 Å². The molecule has 0 unspecified atom stereocenters. The molecule has 1 atom stereocenters. The first-order valence-electron chi connectivity index (χ1n) is 15.3. The quantitative estimate of drug-likeness (QED) is 0.181. The van der Waals surface area contributed by atoms with Crippen molar-refractivity contribution in [3.8, 4) is 5.75 Å². The smallest absolute Gasteiger partial charge is 0.262 e. The molecule has 1 aliphatic rings. The van der Waals surface area contributed by atoms with E-state index in [0.29, 0.717) is 34.9 Å². The Balaban J connectivity index is 1.43. The van der Waals surface area contributed by atoms with Crippen LogP contribution in [0.15, 0.2) is 144 Å². The molecule has 1 heterocycles. The maximum absolute atomic E-state index is 14.8. The maximum Gasteiger partial charge on any atom is 0.262 e. The third kappa shape index (κ3) is 5.79. The van der Waals surface area contributed by atoms with E-state index in [2.05, 4.69) is 46.0 Å². The van der Waals surface area contributed by atoms with E-state index < -0.39 is 16.2 Å². The van der Waals surface area contributed by atoms with Gasteiger partial charge < -0.3 is 9.64 Å². The summed E-state index contributed by atoms with van der Waals surface area (Å²) in [7, 11) is -2.40. The number of amides is 1. The van der Waals surface area contributed by atoms with Crippen molar-refractivity contribution in [1.82, 2.24) is 0 Å². The normalized spacial score (nSPS) is 14.6. The highest BCUT2D eigenvalue weighted by atomic mass is 32.2. The van der Waals surface area contributed by atoms with Crippen LogP contribution in [0.3, 0.4) is 0 Å². The van der Waals surface area contributed by atoms with E-state index in [4.69, 9.17) is 4.74 Å². The molecular weight excluding hydrogens is 607 g/mol. The summed E-state index contributed by atoms with van der Waals surface area (Å²) >= 11 is 0.